The molecule has 0 saturated carbocycles. The molecule has 0 amide bonds. The fourth-order valence-electron chi connectivity index (χ4n) is 2.90. The van der Waals surface area contributed by atoms with Crippen molar-refractivity contribution in [1.82, 2.24) is 10.4 Å². The summed E-state index contributed by atoms with van der Waals surface area (Å²) in [5, 5.41) is 1.12. The number of amidine groups is 1. The lowest BCUT2D eigenvalue weighted by Gasteiger charge is -2.41. The molecular formula is C17H23F3N6O. The predicted molar refractivity (Wildman–Crippen MR) is 97.2 cm³/mol. The van der Waals surface area contributed by atoms with E-state index in [1.807, 2.05) is 6.92 Å². The van der Waals surface area contributed by atoms with Crippen molar-refractivity contribution in [1.29, 1.82) is 0 Å². The van der Waals surface area contributed by atoms with E-state index in [2.05, 4.69) is 15.4 Å². The first-order chi connectivity index (χ1) is 12.7. The van der Waals surface area contributed by atoms with Gasteiger partial charge in [0.15, 0.2) is 6.17 Å². The molecule has 27 heavy (non-hydrogen) atoms. The maximum Gasteiger partial charge on any atom is 0.425 e. The van der Waals surface area contributed by atoms with E-state index >= 15 is 0 Å². The van der Waals surface area contributed by atoms with Crippen LogP contribution in [-0.2, 0) is 10.3 Å². The van der Waals surface area contributed by atoms with Crippen molar-refractivity contribution in [2.45, 2.75) is 38.2 Å². The quantitative estimate of drug-likeness (QED) is 0.516. The number of nitrogens with one attached hydrogen (secondary N) is 1. The summed E-state index contributed by atoms with van der Waals surface area (Å²) in [6.07, 6.45) is -4.27. The highest BCUT2D eigenvalue weighted by atomic mass is 19.4. The third-order valence-corrected chi connectivity index (χ3v) is 3.97. The van der Waals surface area contributed by atoms with Crippen LogP contribution in [0, 0.1) is 0 Å². The van der Waals surface area contributed by atoms with Gasteiger partial charge in [-0.1, -0.05) is 37.3 Å². The first kappa shape index (κ1) is 20.6. The van der Waals surface area contributed by atoms with Gasteiger partial charge in [0.1, 0.15) is 5.82 Å². The molecule has 0 aromatic heterocycles. The van der Waals surface area contributed by atoms with Gasteiger partial charge in [0, 0.05) is 7.11 Å². The first-order valence-electron chi connectivity index (χ1n) is 8.24. The molecular weight excluding hydrogens is 361 g/mol. The standard InChI is InChI=1S/C17H23F3N6O/c1-4-8-13(23-11(2)21)26-14(24-15(22)25-26)16(27-3,17(18,19)20)12-9-6-5-7-10-12/h5-10,14H,4H2,1-3H3,(H2,21,23)(H3,22,24,25)/b13-8+/t14?,16-/m0/s1. The molecule has 0 spiro atoms. The van der Waals surface area contributed by atoms with Crippen molar-refractivity contribution in [3.63, 3.8) is 0 Å². The van der Waals surface area contributed by atoms with Crippen molar-refractivity contribution in [2.24, 2.45) is 21.5 Å². The summed E-state index contributed by atoms with van der Waals surface area (Å²) in [5.41, 5.74) is 11.1. The summed E-state index contributed by atoms with van der Waals surface area (Å²) in [7, 11) is 0.989. The minimum atomic E-state index is -4.80. The SMILES string of the molecule is CC/C=C(\N=C(C)N)N1NC(N)=NC1[C@@](OC)(c1ccccc1)C(F)(F)F. The number of aliphatic imine (C=N–C) groups is 2. The molecule has 0 aliphatic carbocycles. The minimum Gasteiger partial charge on any atom is -0.387 e. The van der Waals surface area contributed by atoms with Crippen LogP contribution in [0.5, 0.6) is 0 Å². The maximum atomic E-state index is 14.4. The van der Waals surface area contributed by atoms with Crippen molar-refractivity contribution in [3.05, 3.63) is 47.8 Å². The van der Waals surface area contributed by atoms with E-state index in [9.17, 15) is 13.2 Å². The van der Waals surface area contributed by atoms with E-state index in [1.54, 1.807) is 12.1 Å². The number of alkyl halides is 3. The van der Waals surface area contributed by atoms with Crippen LogP contribution in [0.1, 0.15) is 25.8 Å². The van der Waals surface area contributed by atoms with Crippen molar-refractivity contribution < 1.29 is 17.9 Å². The molecule has 7 nitrogen and oxygen atoms in total. The van der Waals surface area contributed by atoms with Crippen LogP contribution in [0.25, 0.3) is 0 Å². The Bertz CT molecular complexity index is 743. The molecule has 0 radical (unpaired) electrons. The van der Waals surface area contributed by atoms with E-state index in [1.165, 1.54) is 31.2 Å². The number of halogens is 3. The van der Waals surface area contributed by atoms with E-state index in [0.29, 0.717) is 6.42 Å². The monoisotopic (exact) mass is 384 g/mol. The van der Waals surface area contributed by atoms with E-state index in [0.717, 1.165) is 12.1 Å². The van der Waals surface area contributed by atoms with Crippen LogP contribution in [-0.4, -0.2) is 36.3 Å². The lowest BCUT2D eigenvalue weighted by atomic mass is 9.89. The second kappa shape index (κ2) is 7.87. The average molecular weight is 384 g/mol. The highest BCUT2D eigenvalue weighted by Crippen LogP contribution is 2.47. The normalized spacial score (nSPS) is 20.9. The topological polar surface area (TPSA) is 101 Å². The number of benzene rings is 1. The molecule has 2 rings (SSSR count). The lowest BCUT2D eigenvalue weighted by Crippen LogP contribution is -2.59. The molecule has 1 aliphatic rings. The van der Waals surface area contributed by atoms with Gasteiger partial charge in [-0.15, -0.1) is 0 Å². The third-order valence-electron chi connectivity index (χ3n) is 3.97. The van der Waals surface area contributed by atoms with E-state index in [4.69, 9.17) is 16.2 Å². The largest absolute Gasteiger partial charge is 0.425 e. The molecule has 1 heterocycles. The van der Waals surface area contributed by atoms with Crippen molar-refractivity contribution in [2.75, 3.05) is 7.11 Å². The Hall–Kier alpha value is -2.75. The number of nitrogens with zero attached hydrogens (tertiary/aromatic N) is 3. The van der Waals surface area contributed by atoms with Crippen LogP contribution < -0.4 is 16.9 Å². The Kier molecular flexibility index (Phi) is 5.99. The van der Waals surface area contributed by atoms with Crippen LogP contribution >= 0.6 is 0 Å². The molecule has 1 aliphatic heterocycles. The molecule has 10 heteroatoms. The van der Waals surface area contributed by atoms with E-state index < -0.39 is 17.9 Å². The van der Waals surface area contributed by atoms with Crippen molar-refractivity contribution >= 4 is 11.8 Å². The zero-order valence-corrected chi connectivity index (χ0v) is 15.3. The Labute approximate surface area is 155 Å². The van der Waals surface area contributed by atoms with Gasteiger partial charge in [0.25, 0.3) is 0 Å². The number of methoxy groups -OCH3 is 1. The Balaban J connectivity index is 2.69. The summed E-state index contributed by atoms with van der Waals surface area (Å²) in [4.78, 5) is 8.10. The molecule has 1 aromatic carbocycles. The minimum absolute atomic E-state index is 0.112. The summed E-state index contributed by atoms with van der Waals surface area (Å²) in [6.45, 7) is 3.35. The molecule has 0 fully saturated rings. The zero-order valence-electron chi connectivity index (χ0n) is 15.3. The highest BCUT2D eigenvalue weighted by Gasteiger charge is 2.65. The number of hydrogen-bond acceptors (Lipinski definition) is 6. The fourth-order valence-corrected chi connectivity index (χ4v) is 2.90. The first-order valence-corrected chi connectivity index (χ1v) is 8.24. The average Bonchev–Trinajstić information content (AvgIpc) is 2.97. The predicted octanol–water partition coefficient (Wildman–Crippen LogP) is 2.18. The summed E-state index contributed by atoms with van der Waals surface area (Å²) in [5.74, 6) is 0.150. The number of allylic oxidation sites excluding steroid dienone is 1. The van der Waals surface area contributed by atoms with E-state index in [-0.39, 0.29) is 23.2 Å². The molecule has 2 atom stereocenters. The van der Waals surface area contributed by atoms with Gasteiger partial charge in [-0.3, -0.25) is 5.43 Å². The number of ether oxygens (including phenoxy) is 1. The Morgan fingerprint density at radius 1 is 1.37 bits per heavy atom. The van der Waals surface area contributed by atoms with Gasteiger partial charge in [-0.2, -0.15) is 13.2 Å². The van der Waals surface area contributed by atoms with Crippen molar-refractivity contribution in [3.8, 4) is 0 Å². The smallest absolute Gasteiger partial charge is 0.387 e. The summed E-state index contributed by atoms with van der Waals surface area (Å²) in [6, 6.07) is 7.28. The van der Waals surface area contributed by atoms with Crippen LogP contribution in [0.4, 0.5) is 13.2 Å². The highest BCUT2D eigenvalue weighted by molar-refractivity contribution is 5.80. The molecule has 0 saturated heterocycles. The maximum absolute atomic E-state index is 14.4. The summed E-state index contributed by atoms with van der Waals surface area (Å²) < 4.78 is 48.2. The Morgan fingerprint density at radius 3 is 2.48 bits per heavy atom. The van der Waals surface area contributed by atoms with Gasteiger partial charge >= 0.3 is 6.18 Å². The third kappa shape index (κ3) is 3.85. The molecule has 0 bridgehead atoms. The number of nitrogens with two attached hydrogens (primary N) is 2. The molecule has 148 valence electrons. The van der Waals surface area contributed by atoms with Crippen LogP contribution in [0.3, 0.4) is 0 Å². The molecule has 5 N–H and O–H groups in total. The van der Waals surface area contributed by atoms with Gasteiger partial charge in [0.2, 0.25) is 11.6 Å². The molecule has 1 unspecified atom stereocenters. The summed E-state index contributed by atoms with van der Waals surface area (Å²) >= 11 is 0. The number of guanidine groups is 1. The van der Waals surface area contributed by atoms with Gasteiger partial charge in [-0.25, -0.2) is 15.0 Å². The van der Waals surface area contributed by atoms with Gasteiger partial charge < -0.3 is 16.2 Å². The fraction of sp³-hybridized carbons (Fsp3) is 0.412. The number of hydrogen-bond donors (Lipinski definition) is 3. The van der Waals surface area contributed by atoms with Crippen LogP contribution in [0.15, 0.2) is 52.2 Å². The number of rotatable bonds is 6. The van der Waals surface area contributed by atoms with Crippen LogP contribution in [0.2, 0.25) is 0 Å². The lowest BCUT2D eigenvalue weighted by molar-refractivity contribution is -0.295. The number of hydrazine groups is 1. The second-order valence-corrected chi connectivity index (χ2v) is 5.90. The zero-order chi connectivity index (χ0) is 20.2. The van der Waals surface area contributed by atoms with Gasteiger partial charge in [-0.05, 0) is 25.0 Å². The molecule has 1 aromatic rings. The van der Waals surface area contributed by atoms with Gasteiger partial charge in [0.05, 0.1) is 5.84 Å². The Morgan fingerprint density at radius 2 is 2.00 bits per heavy atom. The second-order valence-electron chi connectivity index (χ2n) is 5.90.